The van der Waals surface area contributed by atoms with Gasteiger partial charge in [-0.25, -0.2) is 4.79 Å². The van der Waals surface area contributed by atoms with Crippen molar-refractivity contribution in [3.63, 3.8) is 0 Å². The normalized spacial score (nSPS) is 8.08. The molecule has 0 saturated carbocycles. The number of carboxylic acid groups (broad SMARTS) is 1. The summed E-state index contributed by atoms with van der Waals surface area (Å²) in [5.74, 6) is -0.885. The number of rotatable bonds is 2. The van der Waals surface area contributed by atoms with Crippen LogP contribution in [0.1, 0.15) is 14.5 Å². The van der Waals surface area contributed by atoms with Gasteiger partial charge in [0.05, 0.1) is 0 Å². The summed E-state index contributed by atoms with van der Waals surface area (Å²) in [6.07, 6.45) is 0. The Morgan fingerprint density at radius 2 is 2.17 bits per heavy atom. The fraction of sp³-hybridized carbons (Fsp3) is 0.167. The van der Waals surface area contributed by atoms with Gasteiger partial charge in [0.15, 0.2) is 0 Å². The van der Waals surface area contributed by atoms with Crippen molar-refractivity contribution >= 4 is 17.3 Å². The van der Waals surface area contributed by atoms with Crippen molar-refractivity contribution in [1.29, 1.82) is 0 Å². The number of hydrogen-bond acceptors (Lipinski definition) is 3. The molecule has 0 saturated heterocycles. The Hall–Kier alpha value is 0.420. The molecule has 0 aliphatic rings. The van der Waals surface area contributed by atoms with Gasteiger partial charge in [-0.15, -0.1) is 11.3 Å². The number of aromatic carboxylic acids is 1. The van der Waals surface area contributed by atoms with Crippen LogP contribution >= 0.6 is 11.3 Å². The summed E-state index contributed by atoms with van der Waals surface area (Å²) < 4.78 is 0. The van der Waals surface area contributed by atoms with Gasteiger partial charge >= 0.3 is 35.5 Å². The molecule has 3 nitrogen and oxygen atoms in total. The standard InChI is InChI=1S/C6H7NO2S.ClH.Na/c7-3-4-1-2-5(10-4)6(8)9;;/h1-2H,3,7H2,(H,8,9);1H;/q;;+1/p-1. The van der Waals surface area contributed by atoms with E-state index in [0.29, 0.717) is 11.4 Å². The minimum atomic E-state index is -0.885. The quantitative estimate of drug-likeness (QED) is 0.486. The van der Waals surface area contributed by atoms with Crippen molar-refractivity contribution < 1.29 is 51.9 Å². The first-order chi connectivity index (χ1) is 4.74. The van der Waals surface area contributed by atoms with Gasteiger partial charge in [-0.05, 0) is 12.1 Å². The molecule has 0 aromatic carbocycles. The molecular formula is C6H7ClNNaO2S. The molecule has 1 rings (SSSR count). The first-order valence-corrected chi connectivity index (χ1v) is 3.57. The van der Waals surface area contributed by atoms with Crippen LogP contribution in [0.15, 0.2) is 12.1 Å². The summed E-state index contributed by atoms with van der Waals surface area (Å²) in [6, 6.07) is 3.29. The van der Waals surface area contributed by atoms with Gasteiger partial charge in [0, 0.05) is 11.4 Å². The van der Waals surface area contributed by atoms with Crippen molar-refractivity contribution in [2.45, 2.75) is 6.54 Å². The molecule has 1 aromatic heterocycles. The molecule has 0 amide bonds. The van der Waals surface area contributed by atoms with Crippen molar-refractivity contribution in [3.8, 4) is 0 Å². The van der Waals surface area contributed by atoms with E-state index in [1.54, 1.807) is 12.1 Å². The molecule has 3 N–H and O–H groups in total. The summed E-state index contributed by atoms with van der Waals surface area (Å²) in [7, 11) is 0. The molecule has 0 atom stereocenters. The van der Waals surface area contributed by atoms with Gasteiger partial charge in [0.2, 0.25) is 0 Å². The SMILES string of the molecule is NCc1ccc(C(=O)O)s1.[Cl-].[Na+]. The molecular weight excluding hydrogens is 209 g/mol. The van der Waals surface area contributed by atoms with Crippen LogP contribution in [-0.2, 0) is 6.54 Å². The van der Waals surface area contributed by atoms with Crippen molar-refractivity contribution in [2.24, 2.45) is 5.73 Å². The second kappa shape index (κ2) is 6.88. The molecule has 0 fully saturated rings. The van der Waals surface area contributed by atoms with Crippen LogP contribution in [0.5, 0.6) is 0 Å². The summed E-state index contributed by atoms with van der Waals surface area (Å²) in [4.78, 5) is 11.5. The Bertz CT molecular complexity index is 253. The van der Waals surface area contributed by atoms with Crippen LogP contribution in [0, 0.1) is 0 Å². The van der Waals surface area contributed by atoms with Crippen LogP contribution < -0.4 is 47.7 Å². The Labute approximate surface area is 103 Å². The summed E-state index contributed by atoms with van der Waals surface area (Å²) in [5.41, 5.74) is 5.28. The predicted octanol–water partition coefficient (Wildman–Crippen LogP) is -5.09. The zero-order valence-corrected chi connectivity index (χ0v) is 10.2. The van der Waals surface area contributed by atoms with E-state index in [1.165, 1.54) is 11.3 Å². The summed E-state index contributed by atoms with van der Waals surface area (Å²) >= 11 is 1.22. The largest absolute Gasteiger partial charge is 1.00 e. The van der Waals surface area contributed by atoms with Crippen molar-refractivity contribution in [3.05, 3.63) is 21.9 Å². The van der Waals surface area contributed by atoms with Crippen LogP contribution in [0.3, 0.4) is 0 Å². The van der Waals surface area contributed by atoms with Gasteiger partial charge < -0.3 is 23.2 Å². The second-order valence-electron chi connectivity index (χ2n) is 1.78. The second-order valence-corrected chi connectivity index (χ2v) is 2.94. The third kappa shape index (κ3) is 3.89. The zero-order valence-electron chi connectivity index (χ0n) is 6.58. The van der Waals surface area contributed by atoms with E-state index in [0.717, 1.165) is 4.88 Å². The van der Waals surface area contributed by atoms with Crippen LogP contribution in [0.25, 0.3) is 0 Å². The van der Waals surface area contributed by atoms with Gasteiger partial charge in [0.25, 0.3) is 0 Å². The van der Waals surface area contributed by atoms with Gasteiger partial charge in [-0.2, -0.15) is 0 Å². The zero-order chi connectivity index (χ0) is 7.56. The number of nitrogens with two attached hydrogens (primary N) is 1. The Morgan fingerprint density at radius 1 is 1.58 bits per heavy atom. The molecule has 0 bridgehead atoms. The first kappa shape index (κ1) is 14.9. The maximum atomic E-state index is 10.3. The third-order valence-corrected chi connectivity index (χ3v) is 2.17. The predicted molar refractivity (Wildman–Crippen MR) is 39.2 cm³/mol. The third-order valence-electron chi connectivity index (χ3n) is 1.07. The molecule has 62 valence electrons. The average molecular weight is 216 g/mol. The maximum Gasteiger partial charge on any atom is 1.00 e. The van der Waals surface area contributed by atoms with E-state index in [2.05, 4.69) is 0 Å². The van der Waals surface area contributed by atoms with E-state index < -0.39 is 5.97 Å². The van der Waals surface area contributed by atoms with E-state index in [9.17, 15) is 4.79 Å². The number of thiophene rings is 1. The fourth-order valence-corrected chi connectivity index (χ4v) is 1.33. The van der Waals surface area contributed by atoms with Crippen LogP contribution in [0.4, 0.5) is 0 Å². The van der Waals surface area contributed by atoms with Gasteiger partial charge in [-0.1, -0.05) is 0 Å². The number of halogens is 1. The van der Waals surface area contributed by atoms with Crippen molar-refractivity contribution in [1.82, 2.24) is 0 Å². The number of carbonyl (C=O) groups is 1. The van der Waals surface area contributed by atoms with E-state index >= 15 is 0 Å². The van der Waals surface area contributed by atoms with Crippen molar-refractivity contribution in [2.75, 3.05) is 0 Å². The van der Waals surface area contributed by atoms with E-state index in [1.807, 2.05) is 0 Å². The molecule has 12 heavy (non-hydrogen) atoms. The number of hydrogen-bond donors (Lipinski definition) is 2. The topological polar surface area (TPSA) is 63.3 Å². The minimum Gasteiger partial charge on any atom is -1.00 e. The molecule has 1 heterocycles. The van der Waals surface area contributed by atoms with E-state index in [4.69, 9.17) is 10.8 Å². The first-order valence-electron chi connectivity index (χ1n) is 2.76. The molecule has 6 heteroatoms. The molecule has 0 radical (unpaired) electrons. The summed E-state index contributed by atoms with van der Waals surface area (Å²) in [5, 5.41) is 8.46. The molecule has 0 aliphatic carbocycles. The molecule has 0 spiro atoms. The van der Waals surface area contributed by atoms with Gasteiger partial charge in [-0.3, -0.25) is 0 Å². The minimum absolute atomic E-state index is 0. The molecule has 0 unspecified atom stereocenters. The maximum absolute atomic E-state index is 10.3. The van der Waals surface area contributed by atoms with Crippen LogP contribution in [-0.4, -0.2) is 11.1 Å². The monoisotopic (exact) mass is 215 g/mol. The molecule has 0 aliphatic heterocycles. The fourth-order valence-electron chi connectivity index (χ4n) is 0.603. The smallest absolute Gasteiger partial charge is 1.00 e. The Kier molecular flexibility index (Phi) is 8.56. The molecule has 1 aromatic rings. The van der Waals surface area contributed by atoms with Gasteiger partial charge in [0.1, 0.15) is 4.88 Å². The number of carboxylic acids is 1. The Morgan fingerprint density at radius 3 is 2.42 bits per heavy atom. The Balaban J connectivity index is 0. The average Bonchev–Trinajstić information content (AvgIpc) is 2.34. The van der Waals surface area contributed by atoms with Crippen LogP contribution in [0.2, 0.25) is 0 Å². The van der Waals surface area contributed by atoms with E-state index in [-0.39, 0.29) is 42.0 Å². The summed E-state index contributed by atoms with van der Waals surface area (Å²) in [6.45, 7) is 0.415.